The zero-order chi connectivity index (χ0) is 22.2. The lowest BCUT2D eigenvalue weighted by Gasteiger charge is -2.15. The van der Waals surface area contributed by atoms with Gasteiger partial charge in [-0.2, -0.15) is 0 Å². The molecule has 0 aromatic heterocycles. The average Bonchev–Trinajstić information content (AvgIpc) is 2.79. The van der Waals surface area contributed by atoms with Gasteiger partial charge in [0.25, 0.3) is 0 Å². The second-order valence-electron chi connectivity index (χ2n) is 7.36. The number of hydrogen-bond acceptors (Lipinski definition) is 4. The Morgan fingerprint density at radius 3 is 2.50 bits per heavy atom. The van der Waals surface area contributed by atoms with Gasteiger partial charge in [0.1, 0.15) is 12.4 Å². The van der Waals surface area contributed by atoms with Gasteiger partial charge in [0.15, 0.2) is 5.96 Å². The molecule has 7 heteroatoms. The number of unbranched alkanes of at least 4 members (excludes halogenated alkanes) is 1. The molecule has 2 N–H and O–H groups in total. The van der Waals surface area contributed by atoms with Crippen molar-refractivity contribution in [3.63, 3.8) is 0 Å². The van der Waals surface area contributed by atoms with Crippen LogP contribution in [-0.4, -0.2) is 53.1 Å². The van der Waals surface area contributed by atoms with Crippen LogP contribution in [0.25, 0.3) is 0 Å². The van der Waals surface area contributed by atoms with E-state index in [4.69, 9.17) is 14.2 Å². The standard InChI is InChI=1S/C25H37N3O3.HI/c1-21-11-12-23(24(19-21)31-18-17-29-3)20-28-25(26-2)27-14-7-8-15-30-16-13-22-9-5-4-6-10-22;/h4-6,9-12,19H,7-8,13-18,20H2,1-3H3,(H2,26,27,28);1H. The number of ether oxygens (including phenoxy) is 3. The maximum absolute atomic E-state index is 5.86. The van der Waals surface area contributed by atoms with Crippen molar-refractivity contribution in [2.45, 2.75) is 32.7 Å². The number of guanidine groups is 1. The highest BCUT2D eigenvalue weighted by molar-refractivity contribution is 14.0. The van der Waals surface area contributed by atoms with Crippen molar-refractivity contribution in [2.75, 3.05) is 47.1 Å². The van der Waals surface area contributed by atoms with E-state index < -0.39 is 0 Å². The molecule has 32 heavy (non-hydrogen) atoms. The predicted octanol–water partition coefficient (Wildman–Crippen LogP) is 4.34. The molecule has 2 aromatic rings. The third-order valence-corrected chi connectivity index (χ3v) is 4.82. The molecule has 2 rings (SSSR count). The molecule has 0 unspecified atom stereocenters. The van der Waals surface area contributed by atoms with Gasteiger partial charge in [-0.1, -0.05) is 42.5 Å². The summed E-state index contributed by atoms with van der Waals surface area (Å²) in [5.41, 5.74) is 3.58. The van der Waals surface area contributed by atoms with Crippen LogP contribution < -0.4 is 15.4 Å². The third kappa shape index (κ3) is 11.7. The number of methoxy groups -OCH3 is 1. The fourth-order valence-corrected chi connectivity index (χ4v) is 3.05. The summed E-state index contributed by atoms with van der Waals surface area (Å²) >= 11 is 0. The largest absolute Gasteiger partial charge is 0.491 e. The number of nitrogens with one attached hydrogen (secondary N) is 2. The van der Waals surface area contributed by atoms with Gasteiger partial charge >= 0.3 is 0 Å². The quantitative estimate of drug-likeness (QED) is 0.157. The topological polar surface area (TPSA) is 64.1 Å². The second kappa shape index (κ2) is 17.7. The van der Waals surface area contributed by atoms with Crippen LogP contribution in [0, 0.1) is 6.92 Å². The van der Waals surface area contributed by atoms with Crippen LogP contribution >= 0.6 is 24.0 Å². The highest BCUT2D eigenvalue weighted by Crippen LogP contribution is 2.20. The summed E-state index contributed by atoms with van der Waals surface area (Å²) in [6.45, 7) is 6.22. The first-order valence-electron chi connectivity index (χ1n) is 11.0. The molecule has 0 fully saturated rings. The average molecular weight is 556 g/mol. The molecular formula is C25H38IN3O3. The molecule has 0 aliphatic rings. The number of hydrogen-bond donors (Lipinski definition) is 2. The summed E-state index contributed by atoms with van der Waals surface area (Å²) in [5, 5.41) is 6.72. The molecule has 0 amide bonds. The molecular weight excluding hydrogens is 517 g/mol. The van der Waals surface area contributed by atoms with Crippen molar-refractivity contribution < 1.29 is 14.2 Å². The summed E-state index contributed by atoms with van der Waals surface area (Å²) in [7, 11) is 3.46. The van der Waals surface area contributed by atoms with Crippen molar-refractivity contribution >= 4 is 29.9 Å². The van der Waals surface area contributed by atoms with E-state index in [-0.39, 0.29) is 24.0 Å². The first-order valence-corrected chi connectivity index (χ1v) is 11.0. The Morgan fingerprint density at radius 2 is 1.75 bits per heavy atom. The van der Waals surface area contributed by atoms with Crippen LogP contribution in [-0.2, 0) is 22.4 Å². The van der Waals surface area contributed by atoms with Gasteiger partial charge in [0, 0.05) is 39.4 Å². The minimum atomic E-state index is 0. The fraction of sp³-hybridized carbons (Fsp3) is 0.480. The summed E-state index contributed by atoms with van der Waals surface area (Å²) < 4.78 is 16.7. The molecule has 0 aliphatic carbocycles. The van der Waals surface area contributed by atoms with E-state index in [1.54, 1.807) is 14.2 Å². The van der Waals surface area contributed by atoms with Crippen LogP contribution in [0.15, 0.2) is 53.5 Å². The van der Waals surface area contributed by atoms with Crippen molar-refractivity contribution in [3.8, 4) is 5.75 Å². The van der Waals surface area contributed by atoms with E-state index >= 15 is 0 Å². The molecule has 6 nitrogen and oxygen atoms in total. The van der Waals surface area contributed by atoms with E-state index in [1.165, 1.54) is 11.1 Å². The van der Waals surface area contributed by atoms with Crippen LogP contribution in [0.2, 0.25) is 0 Å². The first kappa shape index (κ1) is 28.2. The van der Waals surface area contributed by atoms with Crippen LogP contribution in [0.4, 0.5) is 0 Å². The van der Waals surface area contributed by atoms with Crippen molar-refractivity contribution in [1.82, 2.24) is 10.6 Å². The predicted molar refractivity (Wildman–Crippen MR) is 142 cm³/mol. The normalized spacial score (nSPS) is 11.0. The van der Waals surface area contributed by atoms with Gasteiger partial charge < -0.3 is 24.8 Å². The third-order valence-electron chi connectivity index (χ3n) is 4.82. The van der Waals surface area contributed by atoms with Gasteiger partial charge in [-0.05, 0) is 43.4 Å². The van der Waals surface area contributed by atoms with E-state index in [9.17, 15) is 0 Å². The molecule has 0 aliphatic heterocycles. The SMILES string of the molecule is CN=C(NCCCCOCCc1ccccc1)NCc1ccc(C)cc1OCCOC.I. The van der Waals surface area contributed by atoms with E-state index in [0.717, 1.165) is 56.3 Å². The van der Waals surface area contributed by atoms with E-state index in [1.807, 2.05) is 6.07 Å². The smallest absolute Gasteiger partial charge is 0.191 e. The number of halogens is 1. The maximum atomic E-state index is 5.86. The summed E-state index contributed by atoms with van der Waals surface area (Å²) in [4.78, 5) is 4.31. The van der Waals surface area contributed by atoms with Crippen LogP contribution in [0.3, 0.4) is 0 Å². The van der Waals surface area contributed by atoms with Crippen molar-refractivity contribution in [2.24, 2.45) is 4.99 Å². The molecule has 0 heterocycles. The van der Waals surface area contributed by atoms with E-state index in [0.29, 0.717) is 19.8 Å². The van der Waals surface area contributed by atoms with Gasteiger partial charge in [-0.25, -0.2) is 0 Å². The molecule has 2 aromatic carbocycles. The van der Waals surface area contributed by atoms with Gasteiger partial charge in [0.2, 0.25) is 0 Å². The number of rotatable bonds is 14. The molecule has 178 valence electrons. The van der Waals surface area contributed by atoms with Crippen LogP contribution in [0.1, 0.15) is 29.5 Å². The minimum Gasteiger partial charge on any atom is -0.491 e. The number of aliphatic imine (C=N–C) groups is 1. The molecule has 0 radical (unpaired) electrons. The molecule has 0 atom stereocenters. The van der Waals surface area contributed by atoms with Crippen molar-refractivity contribution in [1.29, 1.82) is 0 Å². The van der Waals surface area contributed by atoms with Gasteiger partial charge in [-0.3, -0.25) is 4.99 Å². The van der Waals surface area contributed by atoms with Gasteiger partial charge in [-0.15, -0.1) is 24.0 Å². The maximum Gasteiger partial charge on any atom is 0.191 e. The molecule has 0 bridgehead atoms. The number of aryl methyl sites for hydroxylation is 1. The minimum absolute atomic E-state index is 0. The lowest BCUT2D eigenvalue weighted by atomic mass is 10.1. The highest BCUT2D eigenvalue weighted by atomic mass is 127. The highest BCUT2D eigenvalue weighted by Gasteiger charge is 2.06. The Hall–Kier alpha value is -1.84. The summed E-state index contributed by atoms with van der Waals surface area (Å²) in [6.07, 6.45) is 3.02. The fourth-order valence-electron chi connectivity index (χ4n) is 3.05. The lowest BCUT2D eigenvalue weighted by molar-refractivity contribution is 0.133. The zero-order valence-electron chi connectivity index (χ0n) is 19.6. The molecule has 0 saturated carbocycles. The Bertz CT molecular complexity index is 772. The van der Waals surface area contributed by atoms with Gasteiger partial charge in [0.05, 0.1) is 13.2 Å². The summed E-state index contributed by atoms with van der Waals surface area (Å²) in [5.74, 6) is 1.67. The Balaban J connectivity index is 0.00000512. The number of nitrogens with zero attached hydrogens (tertiary/aromatic N) is 1. The molecule has 0 saturated heterocycles. The Morgan fingerprint density at radius 1 is 0.938 bits per heavy atom. The first-order chi connectivity index (χ1) is 15.2. The molecule has 0 spiro atoms. The monoisotopic (exact) mass is 555 g/mol. The van der Waals surface area contributed by atoms with Crippen molar-refractivity contribution in [3.05, 3.63) is 65.2 Å². The second-order valence-corrected chi connectivity index (χ2v) is 7.36. The summed E-state index contributed by atoms with van der Waals surface area (Å²) in [6, 6.07) is 16.7. The lowest BCUT2D eigenvalue weighted by Crippen LogP contribution is -2.37. The number of benzene rings is 2. The van der Waals surface area contributed by atoms with Crippen LogP contribution in [0.5, 0.6) is 5.75 Å². The Labute approximate surface area is 210 Å². The Kier molecular flexibility index (Phi) is 15.6. The zero-order valence-corrected chi connectivity index (χ0v) is 21.9. The van der Waals surface area contributed by atoms with E-state index in [2.05, 4.69) is 65.0 Å².